The minimum absolute atomic E-state index is 0.00397. The number of nitrogen functional groups attached to an aromatic ring is 1. The van der Waals surface area contributed by atoms with Crippen molar-refractivity contribution in [2.45, 2.75) is 98.8 Å². The molecule has 2 aliphatic heterocycles. The normalized spacial score (nSPS) is 21.9. The lowest BCUT2D eigenvalue weighted by Crippen LogP contribution is -2.35. The molecule has 0 aromatic carbocycles. The monoisotopic (exact) mass is 855 g/mol. The summed E-state index contributed by atoms with van der Waals surface area (Å²) in [5, 5.41) is 7.61. The number of nitrogens with two attached hydrogens (primary N) is 1. The predicted octanol–water partition coefficient (Wildman–Crippen LogP) is 9.46. The highest BCUT2D eigenvalue weighted by molar-refractivity contribution is 6.30. The molecule has 12 nitrogen and oxygen atoms in total. The number of nitrogens with zero attached hydrogens (tertiary/aromatic N) is 8. The Morgan fingerprint density at radius 1 is 0.733 bits per heavy atom. The van der Waals surface area contributed by atoms with Crippen LogP contribution in [0.4, 0.5) is 29.1 Å². The maximum absolute atomic E-state index is 12.2. The first-order valence-electron chi connectivity index (χ1n) is 22.0. The van der Waals surface area contributed by atoms with E-state index in [1.165, 1.54) is 69.0 Å². The lowest BCUT2D eigenvalue weighted by molar-refractivity contribution is -0.123. The van der Waals surface area contributed by atoms with Crippen molar-refractivity contribution >= 4 is 58.2 Å². The van der Waals surface area contributed by atoms with Crippen molar-refractivity contribution in [3.63, 3.8) is 0 Å². The van der Waals surface area contributed by atoms with E-state index in [0.717, 1.165) is 109 Å². The fourth-order valence-electron chi connectivity index (χ4n) is 9.29. The number of rotatable bonds is 13. The summed E-state index contributed by atoms with van der Waals surface area (Å²) < 4.78 is 0. The summed E-state index contributed by atoms with van der Waals surface area (Å²) in [6.07, 6.45) is 22.7. The highest BCUT2D eigenvalue weighted by atomic mass is 35.5. The van der Waals surface area contributed by atoms with Gasteiger partial charge in [-0.15, -0.1) is 0 Å². The summed E-state index contributed by atoms with van der Waals surface area (Å²) in [4.78, 5) is 43.2. The highest BCUT2D eigenvalue weighted by Gasteiger charge is 2.44. The number of aromatic nitrogens is 6. The van der Waals surface area contributed by atoms with Gasteiger partial charge in [-0.1, -0.05) is 44.0 Å². The van der Waals surface area contributed by atoms with Crippen LogP contribution in [-0.2, 0) is 11.2 Å². The maximum atomic E-state index is 12.2. The van der Waals surface area contributed by atoms with Crippen molar-refractivity contribution in [2.24, 2.45) is 40.9 Å². The van der Waals surface area contributed by atoms with Crippen LogP contribution in [0, 0.1) is 54.8 Å². The first-order chi connectivity index (χ1) is 28.8. The van der Waals surface area contributed by atoms with Crippen LogP contribution in [0.5, 0.6) is 0 Å². The third-order valence-corrected chi connectivity index (χ3v) is 13.4. The molecule has 0 unspecified atom stereocenters. The summed E-state index contributed by atoms with van der Waals surface area (Å²) in [7, 11) is 0. The van der Waals surface area contributed by atoms with Crippen LogP contribution < -0.4 is 26.2 Å². The second-order valence-electron chi connectivity index (χ2n) is 18.6. The number of piperidine rings is 2. The van der Waals surface area contributed by atoms with Crippen LogP contribution in [0.15, 0.2) is 49.3 Å². The maximum Gasteiger partial charge on any atom is 0.229 e. The predicted molar refractivity (Wildman–Crippen MR) is 244 cm³/mol. The van der Waals surface area contributed by atoms with Crippen molar-refractivity contribution < 1.29 is 4.79 Å². The largest absolute Gasteiger partial charge is 0.397 e. The number of pyridine rings is 2. The number of hydrogen-bond acceptors (Lipinski definition) is 11. The van der Waals surface area contributed by atoms with E-state index >= 15 is 0 Å². The molecule has 1 amide bonds. The minimum Gasteiger partial charge on any atom is -0.397 e. The molecule has 2 aliphatic carbocycles. The Morgan fingerprint density at radius 2 is 1.27 bits per heavy atom. The molecule has 4 aliphatic rings. The molecule has 2 saturated heterocycles. The van der Waals surface area contributed by atoms with E-state index in [-0.39, 0.29) is 5.91 Å². The zero-order chi connectivity index (χ0) is 42.4. The molecule has 8 rings (SSSR count). The number of carbonyl (C=O) groups is 1. The van der Waals surface area contributed by atoms with E-state index in [1.54, 1.807) is 37.2 Å². The average Bonchev–Trinajstić information content (AvgIpc) is 4.17. The molecule has 0 bridgehead atoms. The van der Waals surface area contributed by atoms with E-state index in [1.807, 2.05) is 39.8 Å². The van der Waals surface area contributed by atoms with Gasteiger partial charge in [0.15, 0.2) is 0 Å². The standard InChI is InChI=1S/C25H35ClN6O.C21H28ClN5/c1-16-11-20(31-23(33)25(2,3)4)15-28-22(16)27-8-5-18-12-21(18)17-6-9-32(10-7-17)24-29-13-19(26)14-30-24;1-14-9-18(23)13-24-20(14)4-2-3-16-10-19(16)15-5-7-27(8-6-15)21-25-11-17(22)12-26-21/h11,13-15,17-18,21H,5-10,12H2,1-4H3,(H,27,28)(H,31,33);9,11-13,15-16,19H,2-8,10,23H2,1H3/t18-,21-;16-,19-/m11/s1. The number of halogens is 2. The quantitative estimate of drug-likeness (QED) is 0.118. The Labute approximate surface area is 366 Å². The summed E-state index contributed by atoms with van der Waals surface area (Å²) >= 11 is 11.8. The summed E-state index contributed by atoms with van der Waals surface area (Å²) in [6, 6.07) is 4.01. The molecule has 4 aromatic rings. The molecular weight excluding hydrogens is 793 g/mol. The zero-order valence-electron chi connectivity index (χ0n) is 36.0. The SMILES string of the molecule is Cc1cc(N)cnc1CCC[C@@H]1C[C@@H]1C1CCN(c2ncc(Cl)cn2)CC1.Cc1cc(NC(=O)C(C)(C)C)cnc1NCC[C@@H]1C[C@@H]1C1CCN(c2ncc(Cl)cn2)CC1. The van der Waals surface area contributed by atoms with Crippen LogP contribution >= 0.6 is 23.2 Å². The lowest BCUT2D eigenvalue weighted by atomic mass is 9.90. The Morgan fingerprint density at radius 3 is 1.77 bits per heavy atom. The van der Waals surface area contributed by atoms with E-state index in [2.05, 4.69) is 57.3 Å². The van der Waals surface area contributed by atoms with Gasteiger partial charge in [0, 0.05) is 43.8 Å². The molecule has 4 N–H and O–H groups in total. The van der Waals surface area contributed by atoms with Crippen molar-refractivity contribution in [3.05, 3.63) is 76.2 Å². The molecule has 0 radical (unpaired) electrons. The number of hydrogen-bond donors (Lipinski definition) is 3. The van der Waals surface area contributed by atoms with Gasteiger partial charge in [-0.05, 0) is 137 Å². The summed E-state index contributed by atoms with van der Waals surface area (Å²) in [6.45, 7) is 14.9. The second kappa shape index (κ2) is 19.6. The fraction of sp³-hybridized carbons (Fsp3) is 0.587. The van der Waals surface area contributed by atoms with Crippen LogP contribution in [0.3, 0.4) is 0 Å². The van der Waals surface area contributed by atoms with Gasteiger partial charge in [-0.2, -0.15) is 0 Å². The first-order valence-corrected chi connectivity index (χ1v) is 22.7. The van der Waals surface area contributed by atoms with E-state index in [9.17, 15) is 4.79 Å². The second-order valence-corrected chi connectivity index (χ2v) is 19.5. The van der Waals surface area contributed by atoms with Gasteiger partial charge in [0.2, 0.25) is 17.8 Å². The molecule has 6 heterocycles. The van der Waals surface area contributed by atoms with Gasteiger partial charge in [0.1, 0.15) is 5.82 Å². The number of anilines is 5. The van der Waals surface area contributed by atoms with E-state index < -0.39 is 5.41 Å². The summed E-state index contributed by atoms with van der Waals surface area (Å²) in [5.74, 6) is 7.70. The Kier molecular flexibility index (Phi) is 14.3. The topological polar surface area (TPSA) is 151 Å². The molecule has 4 aromatic heterocycles. The number of aryl methyl sites for hydroxylation is 3. The highest BCUT2D eigenvalue weighted by Crippen LogP contribution is 2.51. The third kappa shape index (κ3) is 12.0. The van der Waals surface area contributed by atoms with Crippen molar-refractivity contribution in [2.75, 3.05) is 58.9 Å². The van der Waals surface area contributed by atoms with Gasteiger partial charge < -0.3 is 26.2 Å². The van der Waals surface area contributed by atoms with Gasteiger partial charge in [0.05, 0.1) is 58.6 Å². The Balaban J connectivity index is 0.000000185. The molecule has 2 saturated carbocycles. The summed E-state index contributed by atoms with van der Waals surface area (Å²) in [5.41, 5.74) is 10.3. The molecular formula is C46H63Cl2N11O. The number of amides is 1. The third-order valence-electron chi connectivity index (χ3n) is 13.0. The average molecular weight is 857 g/mol. The van der Waals surface area contributed by atoms with Crippen molar-refractivity contribution in [1.82, 2.24) is 29.9 Å². The van der Waals surface area contributed by atoms with Crippen LogP contribution in [0.2, 0.25) is 10.0 Å². The van der Waals surface area contributed by atoms with E-state index in [4.69, 9.17) is 28.9 Å². The smallest absolute Gasteiger partial charge is 0.229 e. The van der Waals surface area contributed by atoms with E-state index in [0.29, 0.717) is 10.0 Å². The van der Waals surface area contributed by atoms with Crippen LogP contribution in [0.1, 0.15) is 95.4 Å². The van der Waals surface area contributed by atoms with Crippen LogP contribution in [0.25, 0.3) is 0 Å². The van der Waals surface area contributed by atoms with Gasteiger partial charge in [-0.3, -0.25) is 9.78 Å². The van der Waals surface area contributed by atoms with Crippen LogP contribution in [-0.4, -0.2) is 68.5 Å². The zero-order valence-corrected chi connectivity index (χ0v) is 37.5. The Hall–Kier alpha value is -4.29. The molecule has 60 heavy (non-hydrogen) atoms. The first kappa shape index (κ1) is 43.8. The van der Waals surface area contributed by atoms with Gasteiger partial charge in [0.25, 0.3) is 0 Å². The van der Waals surface area contributed by atoms with Crippen molar-refractivity contribution in [1.29, 1.82) is 0 Å². The van der Waals surface area contributed by atoms with Gasteiger partial charge in [-0.25, -0.2) is 24.9 Å². The fourth-order valence-corrected chi connectivity index (χ4v) is 9.49. The molecule has 14 heteroatoms. The minimum atomic E-state index is -0.425. The number of nitrogens with one attached hydrogen (secondary N) is 2. The molecule has 4 atom stereocenters. The molecule has 4 fully saturated rings. The molecule has 0 spiro atoms. The Bertz CT molecular complexity index is 2030. The lowest BCUT2D eigenvalue weighted by Gasteiger charge is -2.32. The molecule has 322 valence electrons. The number of carbonyl (C=O) groups excluding carboxylic acids is 1. The van der Waals surface area contributed by atoms with Crippen molar-refractivity contribution in [3.8, 4) is 0 Å². The van der Waals surface area contributed by atoms with Gasteiger partial charge >= 0.3 is 0 Å².